The van der Waals surface area contributed by atoms with Crippen molar-refractivity contribution < 1.29 is 19.1 Å². The van der Waals surface area contributed by atoms with Gasteiger partial charge in [0.15, 0.2) is 6.10 Å². The van der Waals surface area contributed by atoms with E-state index in [9.17, 15) is 9.59 Å². The largest absolute Gasteiger partial charge is 0.481 e. The Morgan fingerprint density at radius 2 is 1.42 bits per heavy atom. The van der Waals surface area contributed by atoms with Crippen LogP contribution < -0.4 is 14.9 Å². The van der Waals surface area contributed by atoms with Crippen LogP contribution in [0.5, 0.6) is 11.5 Å². The van der Waals surface area contributed by atoms with Crippen molar-refractivity contribution in [2.75, 3.05) is 0 Å². The third kappa shape index (κ3) is 6.58. The van der Waals surface area contributed by atoms with E-state index in [-0.39, 0.29) is 11.5 Å². The number of esters is 1. The number of hydrogen-bond donors (Lipinski definition) is 1. The predicted molar refractivity (Wildman–Crippen MR) is 141 cm³/mol. The van der Waals surface area contributed by atoms with Crippen LogP contribution in [0.4, 0.5) is 0 Å². The molecule has 1 atom stereocenters. The quantitative estimate of drug-likeness (QED) is 0.137. The Labute approximate surface area is 214 Å². The summed E-state index contributed by atoms with van der Waals surface area (Å²) in [5.41, 5.74) is 5.63. The predicted octanol–water partition coefficient (Wildman–Crippen LogP) is 6.14. The third-order valence-corrected chi connectivity index (χ3v) is 5.55. The van der Waals surface area contributed by atoms with Gasteiger partial charge in [-0.05, 0) is 72.1 Å². The topological polar surface area (TPSA) is 77.0 Å². The summed E-state index contributed by atoms with van der Waals surface area (Å²) in [6, 6.07) is 30.9. The van der Waals surface area contributed by atoms with E-state index in [4.69, 9.17) is 21.1 Å². The van der Waals surface area contributed by atoms with Gasteiger partial charge in [0.25, 0.3) is 5.91 Å². The molecule has 0 saturated carbocycles. The summed E-state index contributed by atoms with van der Waals surface area (Å²) in [5.74, 6) is 0.0197. The van der Waals surface area contributed by atoms with Crippen LogP contribution in [0.3, 0.4) is 0 Å². The summed E-state index contributed by atoms with van der Waals surface area (Å²) in [6.07, 6.45) is 0.746. The molecule has 7 heteroatoms. The number of hydrazone groups is 1. The lowest BCUT2D eigenvalue weighted by Gasteiger charge is -2.13. The Kier molecular flexibility index (Phi) is 8.11. The first kappa shape index (κ1) is 24.7. The smallest absolute Gasteiger partial charge is 0.345 e. The van der Waals surface area contributed by atoms with E-state index in [1.807, 2.05) is 54.6 Å². The van der Waals surface area contributed by atoms with Gasteiger partial charge in [-0.15, -0.1) is 0 Å². The van der Waals surface area contributed by atoms with Gasteiger partial charge in [0, 0.05) is 0 Å². The number of carbonyl (C=O) groups excluding carboxylic acids is 2. The first-order valence-electron chi connectivity index (χ1n) is 11.2. The van der Waals surface area contributed by atoms with Crippen molar-refractivity contribution >= 4 is 29.7 Å². The Balaban J connectivity index is 1.26. The number of nitrogens with zero attached hydrogens (tertiary/aromatic N) is 1. The molecule has 0 heterocycles. The first-order chi connectivity index (χ1) is 17.5. The molecule has 0 aliphatic carbocycles. The Bertz CT molecular complexity index is 1350. The van der Waals surface area contributed by atoms with Crippen LogP contribution in [0.25, 0.3) is 11.1 Å². The van der Waals surface area contributed by atoms with Gasteiger partial charge < -0.3 is 9.47 Å². The second-order valence-electron chi connectivity index (χ2n) is 7.82. The molecule has 1 unspecified atom stereocenters. The van der Waals surface area contributed by atoms with Gasteiger partial charge in [-0.3, -0.25) is 4.79 Å². The summed E-state index contributed by atoms with van der Waals surface area (Å²) >= 11 is 6.03. The number of hydrogen-bond acceptors (Lipinski definition) is 5. The second kappa shape index (κ2) is 11.8. The highest BCUT2D eigenvalue weighted by molar-refractivity contribution is 6.33. The van der Waals surface area contributed by atoms with Gasteiger partial charge in [-0.1, -0.05) is 66.2 Å². The van der Waals surface area contributed by atoms with Crippen molar-refractivity contribution in [3.8, 4) is 22.6 Å². The minimum Gasteiger partial charge on any atom is -0.481 e. The van der Waals surface area contributed by atoms with Crippen molar-refractivity contribution in [2.24, 2.45) is 5.10 Å². The summed E-state index contributed by atoms with van der Waals surface area (Å²) < 4.78 is 11.1. The lowest BCUT2D eigenvalue weighted by Crippen LogP contribution is -2.33. The highest BCUT2D eigenvalue weighted by atomic mass is 35.5. The Morgan fingerprint density at radius 3 is 2.11 bits per heavy atom. The highest BCUT2D eigenvalue weighted by Crippen LogP contribution is 2.23. The summed E-state index contributed by atoms with van der Waals surface area (Å²) in [5, 5.41) is 4.30. The molecule has 0 spiro atoms. The molecule has 1 N–H and O–H groups in total. The highest BCUT2D eigenvalue weighted by Gasteiger charge is 2.14. The molecular weight excluding hydrogens is 476 g/mol. The summed E-state index contributed by atoms with van der Waals surface area (Å²) in [6.45, 7) is 1.65. The van der Waals surface area contributed by atoms with Crippen LogP contribution in [-0.2, 0) is 4.79 Å². The van der Waals surface area contributed by atoms with Crippen LogP contribution >= 0.6 is 11.6 Å². The molecule has 6 nitrogen and oxygen atoms in total. The van der Waals surface area contributed by atoms with E-state index in [1.54, 1.807) is 55.5 Å². The van der Waals surface area contributed by atoms with Gasteiger partial charge in [0.05, 0.1) is 16.8 Å². The number of nitrogens with one attached hydrogen (secondary N) is 1. The normalized spacial score (nSPS) is 11.6. The molecule has 0 aliphatic heterocycles. The first-order valence-corrected chi connectivity index (χ1v) is 11.6. The third-order valence-electron chi connectivity index (χ3n) is 5.22. The number of ether oxygens (including phenoxy) is 2. The average molecular weight is 499 g/mol. The van der Waals surface area contributed by atoms with Crippen molar-refractivity contribution in [1.29, 1.82) is 0 Å². The zero-order chi connectivity index (χ0) is 25.3. The van der Waals surface area contributed by atoms with E-state index in [1.165, 1.54) is 6.21 Å². The lowest BCUT2D eigenvalue weighted by molar-refractivity contribution is -0.127. The van der Waals surface area contributed by atoms with Crippen LogP contribution in [0.1, 0.15) is 22.8 Å². The van der Waals surface area contributed by atoms with Crippen LogP contribution in [-0.4, -0.2) is 24.2 Å². The maximum Gasteiger partial charge on any atom is 0.345 e. The zero-order valence-corrected chi connectivity index (χ0v) is 20.2. The fraction of sp³-hybridized carbons (Fsp3) is 0.0690. The van der Waals surface area contributed by atoms with E-state index in [0.29, 0.717) is 22.1 Å². The molecule has 0 aromatic heterocycles. The van der Waals surface area contributed by atoms with Gasteiger partial charge >= 0.3 is 5.97 Å². The molecule has 0 saturated heterocycles. The van der Waals surface area contributed by atoms with E-state index < -0.39 is 12.1 Å². The minimum atomic E-state index is -0.740. The zero-order valence-electron chi connectivity index (χ0n) is 19.4. The molecular formula is C29H23ClN2O4. The second-order valence-corrected chi connectivity index (χ2v) is 8.23. The molecule has 0 radical (unpaired) electrons. The molecule has 36 heavy (non-hydrogen) atoms. The SMILES string of the molecule is CC(Oc1ccc(-c2ccccc2)cc1)C(=O)NN=Cc1ccc(OC(=O)c2ccccc2Cl)cc1. The van der Waals surface area contributed by atoms with Crippen molar-refractivity contribution in [3.05, 3.63) is 119 Å². The van der Waals surface area contributed by atoms with Crippen molar-refractivity contribution in [2.45, 2.75) is 13.0 Å². The van der Waals surface area contributed by atoms with Gasteiger partial charge in [-0.25, -0.2) is 10.2 Å². The number of amides is 1. The monoisotopic (exact) mass is 498 g/mol. The number of benzene rings is 4. The van der Waals surface area contributed by atoms with Crippen molar-refractivity contribution in [3.63, 3.8) is 0 Å². The molecule has 4 aromatic carbocycles. The molecule has 4 rings (SSSR count). The van der Waals surface area contributed by atoms with Crippen molar-refractivity contribution in [1.82, 2.24) is 5.43 Å². The van der Waals surface area contributed by atoms with E-state index in [0.717, 1.165) is 11.1 Å². The summed E-state index contributed by atoms with van der Waals surface area (Å²) in [7, 11) is 0. The van der Waals surface area contributed by atoms with Gasteiger partial charge in [0.2, 0.25) is 0 Å². The van der Waals surface area contributed by atoms with Crippen LogP contribution in [0, 0.1) is 0 Å². The number of rotatable bonds is 8. The molecule has 4 aromatic rings. The van der Waals surface area contributed by atoms with E-state index >= 15 is 0 Å². The molecule has 0 bridgehead atoms. The van der Waals surface area contributed by atoms with Gasteiger partial charge in [0.1, 0.15) is 11.5 Å². The molecule has 180 valence electrons. The minimum absolute atomic E-state index is 0.288. The fourth-order valence-corrected chi connectivity index (χ4v) is 3.50. The maximum atomic E-state index is 12.3. The summed E-state index contributed by atoms with van der Waals surface area (Å²) in [4.78, 5) is 24.6. The molecule has 0 fully saturated rings. The standard InChI is InChI=1S/C29H23ClN2O4/c1-20(35-24-17-13-23(14-18-24)22-7-3-2-4-8-22)28(33)32-31-19-21-11-15-25(16-12-21)36-29(34)26-9-5-6-10-27(26)30/h2-20H,1H3,(H,32,33). The maximum absolute atomic E-state index is 12.3. The molecule has 1 amide bonds. The number of carbonyl (C=O) groups is 2. The Hall–Kier alpha value is -4.42. The van der Waals surface area contributed by atoms with Crippen LogP contribution in [0.15, 0.2) is 108 Å². The molecule has 0 aliphatic rings. The number of halogens is 1. The fourth-order valence-electron chi connectivity index (χ4n) is 3.29. The Morgan fingerprint density at radius 1 is 0.806 bits per heavy atom. The van der Waals surface area contributed by atoms with Crippen LogP contribution in [0.2, 0.25) is 5.02 Å². The average Bonchev–Trinajstić information content (AvgIpc) is 2.90. The van der Waals surface area contributed by atoms with E-state index in [2.05, 4.69) is 10.5 Å². The lowest BCUT2D eigenvalue weighted by atomic mass is 10.1. The van der Waals surface area contributed by atoms with Gasteiger partial charge in [-0.2, -0.15) is 5.10 Å².